The Kier molecular flexibility index (Phi) is 5.47. The molecule has 0 bridgehead atoms. The van der Waals surface area contributed by atoms with Crippen molar-refractivity contribution in [2.24, 2.45) is 0 Å². The van der Waals surface area contributed by atoms with Gasteiger partial charge in [0.05, 0.1) is 22.9 Å². The van der Waals surface area contributed by atoms with Gasteiger partial charge in [0.1, 0.15) is 0 Å². The molecule has 0 unspecified atom stereocenters. The molecular weight excluding hydrogens is 303 g/mol. The Morgan fingerprint density at radius 1 is 1.09 bits per heavy atom. The van der Waals surface area contributed by atoms with E-state index in [9.17, 15) is 9.90 Å². The summed E-state index contributed by atoms with van der Waals surface area (Å²) in [6.45, 7) is 3.91. The number of hydrogen-bond donors (Lipinski definition) is 0. The standard InChI is InChI=1S/C17H14N2O2.K/c1-10-6-7-12-13(17(20)21)9-15(19-16(12)11(10)2)14-5-3-4-8-18-14;/h3-9H,1-2H3,(H,20,21);/q;+1/p-1. The van der Waals surface area contributed by atoms with Crippen LogP contribution in [-0.4, -0.2) is 15.9 Å². The van der Waals surface area contributed by atoms with Crippen LogP contribution in [0.1, 0.15) is 21.5 Å². The Hall–Kier alpha value is -1.11. The molecule has 2 heterocycles. The molecule has 22 heavy (non-hydrogen) atoms. The van der Waals surface area contributed by atoms with E-state index >= 15 is 0 Å². The monoisotopic (exact) mass is 316 g/mol. The first-order valence-corrected chi connectivity index (χ1v) is 6.61. The molecule has 3 aromatic rings. The zero-order chi connectivity index (χ0) is 15.0. The van der Waals surface area contributed by atoms with Crippen LogP contribution >= 0.6 is 0 Å². The summed E-state index contributed by atoms with van der Waals surface area (Å²) in [6, 6.07) is 10.6. The van der Waals surface area contributed by atoms with Crippen molar-refractivity contribution in [2.45, 2.75) is 13.8 Å². The van der Waals surface area contributed by atoms with Crippen LogP contribution in [0.4, 0.5) is 0 Å². The van der Waals surface area contributed by atoms with E-state index in [1.165, 1.54) is 6.07 Å². The van der Waals surface area contributed by atoms with Crippen molar-refractivity contribution in [1.82, 2.24) is 9.97 Å². The smallest absolute Gasteiger partial charge is 0.545 e. The van der Waals surface area contributed by atoms with E-state index in [0.29, 0.717) is 22.3 Å². The van der Waals surface area contributed by atoms with Gasteiger partial charge in [0, 0.05) is 17.1 Å². The van der Waals surface area contributed by atoms with Gasteiger partial charge in [-0.1, -0.05) is 18.2 Å². The van der Waals surface area contributed by atoms with Crippen LogP contribution in [0, 0.1) is 13.8 Å². The van der Waals surface area contributed by atoms with Crippen LogP contribution < -0.4 is 56.5 Å². The van der Waals surface area contributed by atoms with Crippen molar-refractivity contribution in [2.75, 3.05) is 0 Å². The Bertz CT molecular complexity index is 848. The van der Waals surface area contributed by atoms with Crippen molar-refractivity contribution < 1.29 is 61.3 Å². The van der Waals surface area contributed by atoms with Gasteiger partial charge in [-0.3, -0.25) is 4.98 Å². The van der Waals surface area contributed by atoms with Crippen LogP contribution in [0.25, 0.3) is 22.3 Å². The first-order chi connectivity index (χ1) is 10.1. The molecule has 0 saturated carbocycles. The second kappa shape index (κ2) is 6.98. The molecule has 104 valence electrons. The summed E-state index contributed by atoms with van der Waals surface area (Å²) < 4.78 is 0. The maximum atomic E-state index is 11.4. The minimum absolute atomic E-state index is 0. The number of carbonyl (C=O) groups excluding carboxylic acids is 1. The number of carboxylic acids is 1. The van der Waals surface area contributed by atoms with Crippen LogP contribution in [0.15, 0.2) is 42.6 Å². The number of aryl methyl sites for hydroxylation is 2. The Labute approximate surface area is 171 Å². The molecule has 0 radical (unpaired) electrons. The molecule has 1 aromatic carbocycles. The van der Waals surface area contributed by atoms with Crippen molar-refractivity contribution in [3.05, 3.63) is 59.3 Å². The summed E-state index contributed by atoms with van der Waals surface area (Å²) in [7, 11) is 0. The first kappa shape index (κ1) is 17.2. The van der Waals surface area contributed by atoms with Crippen molar-refractivity contribution in [3.8, 4) is 11.4 Å². The third kappa shape index (κ3) is 3.14. The van der Waals surface area contributed by atoms with E-state index in [1.54, 1.807) is 24.4 Å². The number of nitrogens with zero attached hydrogens (tertiary/aromatic N) is 2. The van der Waals surface area contributed by atoms with Crippen LogP contribution in [0.5, 0.6) is 0 Å². The summed E-state index contributed by atoms with van der Waals surface area (Å²) in [6.07, 6.45) is 1.66. The van der Waals surface area contributed by atoms with Crippen molar-refractivity contribution >= 4 is 16.9 Å². The molecule has 0 amide bonds. The number of fused-ring (bicyclic) bond motifs is 1. The zero-order valence-corrected chi connectivity index (χ0v) is 15.9. The minimum Gasteiger partial charge on any atom is -0.545 e. The molecular formula is C17H13KN2O2. The van der Waals surface area contributed by atoms with Gasteiger partial charge in [-0.05, 0) is 43.2 Å². The summed E-state index contributed by atoms with van der Waals surface area (Å²) in [4.78, 5) is 20.3. The Morgan fingerprint density at radius 2 is 1.86 bits per heavy atom. The summed E-state index contributed by atoms with van der Waals surface area (Å²) in [5.74, 6) is -1.21. The number of carbonyl (C=O) groups is 1. The molecule has 2 aromatic heterocycles. The van der Waals surface area contributed by atoms with Gasteiger partial charge in [0.15, 0.2) is 0 Å². The Balaban J connectivity index is 0.00000176. The summed E-state index contributed by atoms with van der Waals surface area (Å²) in [5.41, 5.74) is 4.03. The second-order valence-electron chi connectivity index (χ2n) is 4.96. The predicted molar refractivity (Wildman–Crippen MR) is 78.8 cm³/mol. The largest absolute Gasteiger partial charge is 1.00 e. The summed E-state index contributed by atoms with van der Waals surface area (Å²) in [5, 5.41) is 12.0. The van der Waals surface area contributed by atoms with E-state index in [2.05, 4.69) is 9.97 Å². The van der Waals surface area contributed by atoms with E-state index in [4.69, 9.17) is 0 Å². The molecule has 0 aliphatic heterocycles. The van der Waals surface area contributed by atoms with Gasteiger partial charge in [-0.2, -0.15) is 0 Å². The third-order valence-corrected chi connectivity index (χ3v) is 3.65. The van der Waals surface area contributed by atoms with Crippen molar-refractivity contribution in [1.29, 1.82) is 0 Å². The molecule has 5 heteroatoms. The molecule has 0 aliphatic carbocycles. The minimum atomic E-state index is -1.21. The number of carboxylic acid groups (broad SMARTS) is 1. The van der Waals surface area contributed by atoms with E-state index < -0.39 is 5.97 Å². The fourth-order valence-electron chi connectivity index (χ4n) is 2.34. The predicted octanol–water partition coefficient (Wildman–Crippen LogP) is -0.719. The third-order valence-electron chi connectivity index (χ3n) is 3.65. The number of aromatic nitrogens is 2. The van der Waals surface area contributed by atoms with Crippen molar-refractivity contribution in [3.63, 3.8) is 0 Å². The van der Waals surface area contributed by atoms with Crippen LogP contribution in [-0.2, 0) is 0 Å². The normalized spacial score (nSPS) is 10.3. The molecule has 0 saturated heterocycles. The topological polar surface area (TPSA) is 65.9 Å². The molecule has 0 atom stereocenters. The maximum Gasteiger partial charge on any atom is 1.00 e. The average molecular weight is 316 g/mol. The second-order valence-corrected chi connectivity index (χ2v) is 4.96. The van der Waals surface area contributed by atoms with Gasteiger partial charge >= 0.3 is 51.4 Å². The average Bonchev–Trinajstić information content (AvgIpc) is 2.51. The molecule has 0 spiro atoms. The molecule has 3 rings (SSSR count). The molecule has 0 fully saturated rings. The van der Waals surface area contributed by atoms with E-state index in [-0.39, 0.29) is 56.9 Å². The van der Waals surface area contributed by atoms with Crippen LogP contribution in [0.3, 0.4) is 0 Å². The Morgan fingerprint density at radius 3 is 2.50 bits per heavy atom. The van der Waals surface area contributed by atoms with E-state index in [0.717, 1.165) is 11.1 Å². The fraction of sp³-hybridized carbons (Fsp3) is 0.118. The van der Waals surface area contributed by atoms with Gasteiger partial charge < -0.3 is 9.90 Å². The molecule has 4 nitrogen and oxygen atoms in total. The quantitative estimate of drug-likeness (QED) is 0.585. The number of hydrogen-bond acceptors (Lipinski definition) is 4. The maximum absolute atomic E-state index is 11.4. The van der Waals surface area contributed by atoms with Gasteiger partial charge in [0.25, 0.3) is 0 Å². The first-order valence-electron chi connectivity index (χ1n) is 6.61. The van der Waals surface area contributed by atoms with Crippen LogP contribution in [0.2, 0.25) is 0 Å². The molecule has 0 aliphatic rings. The number of aromatic carboxylic acids is 1. The number of benzene rings is 1. The van der Waals surface area contributed by atoms with Gasteiger partial charge in [-0.15, -0.1) is 0 Å². The SMILES string of the molecule is Cc1ccc2c(C(=O)[O-])cc(-c3ccccn3)nc2c1C.[K+]. The number of rotatable bonds is 2. The zero-order valence-electron chi connectivity index (χ0n) is 12.8. The van der Waals surface area contributed by atoms with E-state index in [1.807, 2.05) is 26.0 Å². The van der Waals surface area contributed by atoms with Gasteiger partial charge in [0.2, 0.25) is 0 Å². The molecule has 0 N–H and O–H groups in total. The summed E-state index contributed by atoms with van der Waals surface area (Å²) >= 11 is 0. The fourth-order valence-corrected chi connectivity index (χ4v) is 2.34. The van der Waals surface area contributed by atoms with Gasteiger partial charge in [-0.25, -0.2) is 4.98 Å². The number of pyridine rings is 2.